The minimum atomic E-state index is -2.02. The van der Waals surface area contributed by atoms with Crippen LogP contribution < -0.4 is 11.5 Å². The Morgan fingerprint density at radius 1 is 1.23 bits per heavy atom. The Hall–Kier alpha value is -2.81. The van der Waals surface area contributed by atoms with E-state index >= 15 is 0 Å². The number of primary amides is 1. The van der Waals surface area contributed by atoms with Gasteiger partial charge in [-0.15, -0.1) is 0 Å². The minimum Gasteiger partial charge on any atom is -0.512 e. The number of ketones is 1. The third-order valence-corrected chi connectivity index (χ3v) is 6.60. The monoisotopic (exact) mass is 432 g/mol. The van der Waals surface area contributed by atoms with Crippen LogP contribution in [0.1, 0.15) is 34.8 Å². The van der Waals surface area contributed by atoms with Crippen molar-refractivity contribution in [1.82, 2.24) is 0 Å². The molecule has 4 rings (SSSR count). The highest BCUT2D eigenvalue weighted by atomic mass is 35.5. The lowest BCUT2D eigenvalue weighted by Gasteiger charge is -2.44. The molecule has 8 nitrogen and oxygen atoms in total. The molecule has 0 spiro atoms. The average Bonchev–Trinajstić information content (AvgIpc) is 2.62. The number of aliphatic hydroxyl groups excluding tert-OH is 1. The number of nitrogens with two attached hydrogens (primary N) is 2. The van der Waals surface area contributed by atoms with E-state index in [1.54, 1.807) is 6.07 Å². The quantitative estimate of drug-likeness (QED) is 0.420. The summed E-state index contributed by atoms with van der Waals surface area (Å²) < 4.78 is 0. The first kappa shape index (κ1) is 20.5. The first-order valence-electron chi connectivity index (χ1n) is 9.38. The number of carbonyl (C=O) groups is 2. The van der Waals surface area contributed by atoms with Crippen LogP contribution in [-0.2, 0) is 17.8 Å². The molecule has 0 saturated carbocycles. The fourth-order valence-electron chi connectivity index (χ4n) is 5.07. The number of phenols is 2. The molecule has 0 saturated heterocycles. The molecule has 3 atom stereocenters. The summed E-state index contributed by atoms with van der Waals surface area (Å²) in [7, 11) is 0. The Bertz CT molecular complexity index is 1170. The Morgan fingerprint density at radius 3 is 2.50 bits per heavy atom. The molecule has 30 heavy (non-hydrogen) atoms. The van der Waals surface area contributed by atoms with Crippen molar-refractivity contribution in [3.8, 4) is 11.5 Å². The van der Waals surface area contributed by atoms with Gasteiger partial charge in [-0.25, -0.2) is 0 Å². The zero-order chi connectivity index (χ0) is 22.1. The van der Waals surface area contributed by atoms with E-state index in [9.17, 15) is 30.0 Å². The van der Waals surface area contributed by atoms with Crippen molar-refractivity contribution in [2.45, 2.75) is 31.9 Å². The summed E-state index contributed by atoms with van der Waals surface area (Å²) in [6, 6.07) is 3.11. The van der Waals surface area contributed by atoms with Gasteiger partial charge >= 0.3 is 0 Å². The first-order chi connectivity index (χ1) is 14.0. The summed E-state index contributed by atoms with van der Waals surface area (Å²) in [5.41, 5.74) is 9.25. The molecule has 1 amide bonds. The predicted molar refractivity (Wildman–Crippen MR) is 109 cm³/mol. The van der Waals surface area contributed by atoms with Crippen LogP contribution >= 0.6 is 11.6 Å². The van der Waals surface area contributed by atoms with Crippen molar-refractivity contribution in [3.05, 3.63) is 45.2 Å². The fraction of sp³-hybridized carbons (Fsp3) is 0.333. The second-order valence-corrected chi connectivity index (χ2v) is 8.50. The van der Waals surface area contributed by atoms with Gasteiger partial charge in [0.25, 0.3) is 5.91 Å². The number of carbonyl (C=O) groups excluding carboxylic acids is 2. The first-order valence-corrected chi connectivity index (χ1v) is 9.76. The number of allylic oxidation sites excluding steroid dienone is 1. The fourth-order valence-corrected chi connectivity index (χ4v) is 5.35. The Balaban J connectivity index is 1.98. The van der Waals surface area contributed by atoms with Crippen LogP contribution in [0.4, 0.5) is 0 Å². The molecule has 0 aliphatic heterocycles. The largest absolute Gasteiger partial charge is 0.512 e. The number of fused-ring (bicyclic) bond motifs is 3. The van der Waals surface area contributed by atoms with Crippen molar-refractivity contribution in [1.29, 1.82) is 0 Å². The van der Waals surface area contributed by atoms with E-state index < -0.39 is 40.4 Å². The number of hydrogen-bond donors (Lipinski definition) is 6. The van der Waals surface area contributed by atoms with Gasteiger partial charge in [-0.1, -0.05) is 11.6 Å². The molecule has 0 radical (unpaired) electrons. The summed E-state index contributed by atoms with van der Waals surface area (Å²) in [5.74, 6) is -4.34. The highest BCUT2D eigenvalue weighted by molar-refractivity contribution is 6.36. The number of rotatable bonds is 2. The van der Waals surface area contributed by atoms with Gasteiger partial charge in [-0.2, -0.15) is 0 Å². The lowest BCUT2D eigenvalue weighted by atomic mass is 9.61. The predicted octanol–water partition coefficient (Wildman–Crippen LogP) is 1.79. The van der Waals surface area contributed by atoms with Crippen LogP contribution in [0.15, 0.2) is 23.5 Å². The van der Waals surface area contributed by atoms with Crippen LogP contribution in [-0.4, -0.2) is 37.7 Å². The van der Waals surface area contributed by atoms with Crippen LogP contribution in [0.2, 0.25) is 5.02 Å². The smallest absolute Gasteiger partial charge is 0.250 e. The molecule has 3 unspecified atom stereocenters. The normalized spacial score (nSPS) is 25.9. The van der Waals surface area contributed by atoms with E-state index in [0.717, 1.165) is 0 Å². The standard InChI is InChI=1S/C21H21ClN2O6/c1-21(30)15-8(5-12(25)16(21)20(24)29)2-7-3-10-11(22)4-9(6-23)17(26)14(10)18(27)13(7)19(15)28/h3-4,8,15,25-27,30H,2,5-6,23H2,1H3,(H2,24,29). The maximum absolute atomic E-state index is 13.4. The number of halogens is 1. The van der Waals surface area contributed by atoms with Gasteiger partial charge in [-0.3, -0.25) is 9.59 Å². The minimum absolute atomic E-state index is 0.00235. The van der Waals surface area contributed by atoms with E-state index in [1.807, 2.05) is 0 Å². The summed E-state index contributed by atoms with van der Waals surface area (Å²) in [6.45, 7) is 1.22. The molecule has 2 aromatic carbocycles. The van der Waals surface area contributed by atoms with Crippen molar-refractivity contribution in [2.24, 2.45) is 23.3 Å². The van der Waals surface area contributed by atoms with Crippen molar-refractivity contribution < 1.29 is 30.0 Å². The molecule has 158 valence electrons. The lowest BCUT2D eigenvalue weighted by Crippen LogP contribution is -2.54. The van der Waals surface area contributed by atoms with E-state index in [0.29, 0.717) is 16.5 Å². The second-order valence-electron chi connectivity index (χ2n) is 8.10. The van der Waals surface area contributed by atoms with E-state index in [2.05, 4.69) is 0 Å². The van der Waals surface area contributed by atoms with Crippen molar-refractivity contribution in [3.63, 3.8) is 0 Å². The number of phenolic OH excluding ortho intramolecular Hbond substituents is 2. The third kappa shape index (κ3) is 2.61. The lowest BCUT2D eigenvalue weighted by molar-refractivity contribution is -0.118. The second kappa shape index (κ2) is 6.60. The third-order valence-electron chi connectivity index (χ3n) is 6.29. The van der Waals surface area contributed by atoms with E-state index in [4.69, 9.17) is 23.1 Å². The molecule has 9 heteroatoms. The van der Waals surface area contributed by atoms with E-state index in [1.165, 1.54) is 13.0 Å². The average molecular weight is 433 g/mol. The number of aliphatic hydroxyl groups is 2. The summed E-state index contributed by atoms with van der Waals surface area (Å²) in [4.78, 5) is 25.3. The number of benzene rings is 2. The molecule has 8 N–H and O–H groups in total. The molecular formula is C21H21ClN2O6. The van der Waals surface area contributed by atoms with Crippen LogP contribution in [0, 0.1) is 11.8 Å². The summed E-state index contributed by atoms with van der Waals surface area (Å²) in [5, 5.41) is 43.5. The van der Waals surface area contributed by atoms with Crippen molar-refractivity contribution in [2.75, 3.05) is 0 Å². The van der Waals surface area contributed by atoms with Crippen LogP contribution in [0.3, 0.4) is 0 Å². The summed E-state index contributed by atoms with van der Waals surface area (Å²) in [6.07, 6.45) is 0.214. The highest BCUT2D eigenvalue weighted by Gasteiger charge is 2.54. The highest BCUT2D eigenvalue weighted by Crippen LogP contribution is 2.51. The zero-order valence-electron chi connectivity index (χ0n) is 16.1. The maximum Gasteiger partial charge on any atom is 0.250 e. The molecule has 0 aromatic heterocycles. The van der Waals surface area contributed by atoms with Gasteiger partial charge in [0.2, 0.25) is 0 Å². The van der Waals surface area contributed by atoms with Crippen molar-refractivity contribution >= 4 is 34.1 Å². The Kier molecular flexibility index (Phi) is 4.50. The molecule has 0 bridgehead atoms. The van der Waals surface area contributed by atoms with Gasteiger partial charge < -0.3 is 31.9 Å². The summed E-state index contributed by atoms with van der Waals surface area (Å²) >= 11 is 6.32. The number of Topliss-reactive ketones (excluding diaryl/α,β-unsaturated/α-hetero) is 1. The van der Waals surface area contributed by atoms with Gasteiger partial charge in [0.15, 0.2) is 5.78 Å². The topological polar surface area (TPSA) is 167 Å². The van der Waals surface area contributed by atoms with Crippen LogP contribution in [0.25, 0.3) is 10.8 Å². The SMILES string of the molecule is CC1(O)C(C(N)=O)=C(O)CC2Cc3cc4c(Cl)cc(CN)c(O)c4c(O)c3C(=O)C21. The van der Waals surface area contributed by atoms with Gasteiger partial charge in [-0.05, 0) is 37.0 Å². The maximum atomic E-state index is 13.4. The zero-order valence-corrected chi connectivity index (χ0v) is 16.8. The number of amides is 1. The molecule has 2 aliphatic carbocycles. The molecule has 2 aliphatic rings. The van der Waals surface area contributed by atoms with Gasteiger partial charge in [0.1, 0.15) is 22.9 Å². The van der Waals surface area contributed by atoms with Crippen LogP contribution in [0.5, 0.6) is 11.5 Å². The molecular weight excluding hydrogens is 412 g/mol. The Morgan fingerprint density at radius 2 is 1.90 bits per heavy atom. The number of aromatic hydroxyl groups is 2. The molecule has 0 heterocycles. The van der Waals surface area contributed by atoms with Gasteiger partial charge in [0, 0.05) is 28.9 Å². The number of hydrogen-bond acceptors (Lipinski definition) is 7. The van der Waals surface area contributed by atoms with Gasteiger partial charge in [0.05, 0.1) is 22.4 Å². The van der Waals surface area contributed by atoms with E-state index in [-0.39, 0.29) is 46.9 Å². The Labute approximate surface area is 176 Å². The molecule has 2 aromatic rings. The molecule has 0 fully saturated rings.